The molecular formula is AgAlCrNi. The summed E-state index contributed by atoms with van der Waals surface area (Å²) < 4.78 is 0. The minimum atomic E-state index is 0. The van der Waals surface area contributed by atoms with Crippen LogP contribution in [0.4, 0.5) is 0 Å². The molecule has 0 saturated carbocycles. The van der Waals surface area contributed by atoms with Crippen LogP contribution in [0, 0.1) is 0 Å². The molecule has 4 radical (unpaired) electrons. The van der Waals surface area contributed by atoms with Crippen LogP contribution in [0.3, 0.4) is 0 Å². The SMILES string of the molecule is [Ag].[Al].[Cr].[Ni]. The Hall–Kier alpha value is 2.30. The summed E-state index contributed by atoms with van der Waals surface area (Å²) in [6.07, 6.45) is 0. The second-order valence-corrected chi connectivity index (χ2v) is 0. The first-order valence-electron chi connectivity index (χ1n) is 0. The van der Waals surface area contributed by atoms with Crippen molar-refractivity contribution in [2.75, 3.05) is 0 Å². The molecule has 0 aromatic rings. The third-order valence-corrected chi connectivity index (χ3v) is 0. The maximum absolute atomic E-state index is 0. The van der Waals surface area contributed by atoms with Crippen molar-refractivity contribution in [1.82, 2.24) is 0 Å². The molecule has 0 saturated heterocycles. The van der Waals surface area contributed by atoms with Crippen LogP contribution >= 0.6 is 0 Å². The first-order chi connectivity index (χ1) is 0. The van der Waals surface area contributed by atoms with Crippen LogP contribution in [0.5, 0.6) is 0 Å². The first-order valence-corrected chi connectivity index (χ1v) is 0. The van der Waals surface area contributed by atoms with E-state index in [9.17, 15) is 0 Å². The summed E-state index contributed by atoms with van der Waals surface area (Å²) in [4.78, 5) is 0. The first kappa shape index (κ1) is 33.5. The Morgan fingerprint density at radius 3 is 1.00 bits per heavy atom. The van der Waals surface area contributed by atoms with Crippen LogP contribution in [-0.2, 0) is 56.2 Å². The molecule has 0 fully saturated rings. The average Bonchev–Trinajstić information content (AvgIpc) is 0. The van der Waals surface area contributed by atoms with E-state index in [0.717, 1.165) is 0 Å². The van der Waals surface area contributed by atoms with Crippen molar-refractivity contribution >= 4 is 17.4 Å². The zero-order valence-electron chi connectivity index (χ0n) is 1.60. The largest absolute Gasteiger partial charge is 0 e. The summed E-state index contributed by atoms with van der Waals surface area (Å²) in [7, 11) is 0. The zero-order chi connectivity index (χ0) is 0. The van der Waals surface area contributed by atoms with Crippen molar-refractivity contribution in [2.24, 2.45) is 0 Å². The van der Waals surface area contributed by atoms with E-state index in [4.69, 9.17) is 0 Å². The summed E-state index contributed by atoms with van der Waals surface area (Å²) in [5, 5.41) is 0. The molecule has 0 aromatic heterocycles. The van der Waals surface area contributed by atoms with E-state index in [0.29, 0.717) is 0 Å². The Labute approximate surface area is 72.8 Å². The predicted octanol–water partition coefficient (Wildman–Crippen LogP) is -0.388. The van der Waals surface area contributed by atoms with Crippen LogP contribution in [0.15, 0.2) is 0 Å². The molecule has 0 bridgehead atoms. The molecule has 4 heteroatoms. The van der Waals surface area contributed by atoms with Gasteiger partial charge >= 0.3 is 0 Å². The average molecular weight is 246 g/mol. The number of hydrogen-bond donors (Lipinski definition) is 0. The topological polar surface area (TPSA) is 0 Å². The Kier molecular flexibility index (Phi) is 155. The van der Waals surface area contributed by atoms with Crippen molar-refractivity contribution in [1.29, 1.82) is 0 Å². The van der Waals surface area contributed by atoms with E-state index in [1.807, 2.05) is 0 Å². The standard InChI is InChI=1S/Ag.Al.Cr.Ni. The zero-order valence-corrected chi connectivity index (χ0v) is 6.50. The summed E-state index contributed by atoms with van der Waals surface area (Å²) >= 11 is 0. The van der Waals surface area contributed by atoms with E-state index in [1.54, 1.807) is 0 Å². The van der Waals surface area contributed by atoms with Crippen molar-refractivity contribution in [3.05, 3.63) is 0 Å². The van der Waals surface area contributed by atoms with Crippen LogP contribution < -0.4 is 0 Å². The van der Waals surface area contributed by atoms with Gasteiger partial charge in [0, 0.05) is 73.6 Å². The second kappa shape index (κ2) is 18.5. The Balaban J connectivity index is 0. The van der Waals surface area contributed by atoms with E-state index in [1.165, 1.54) is 0 Å². The molecule has 0 amide bonds. The van der Waals surface area contributed by atoms with Gasteiger partial charge in [-0.3, -0.25) is 0 Å². The fourth-order valence-electron chi connectivity index (χ4n) is 0. The maximum Gasteiger partial charge on any atom is 0 e. The minimum absolute atomic E-state index is 0. The smallest absolute Gasteiger partial charge is 0 e. The molecule has 0 unspecified atom stereocenters. The van der Waals surface area contributed by atoms with Gasteiger partial charge in [-0.15, -0.1) is 0 Å². The summed E-state index contributed by atoms with van der Waals surface area (Å²) in [6, 6.07) is 0. The molecule has 4 heavy (non-hydrogen) atoms. The molecular weight excluding hydrogens is 246 g/mol. The van der Waals surface area contributed by atoms with Gasteiger partial charge in [0.15, 0.2) is 0 Å². The molecule has 0 rings (SSSR count). The summed E-state index contributed by atoms with van der Waals surface area (Å²) in [6.45, 7) is 0. The van der Waals surface area contributed by atoms with Crippen molar-refractivity contribution in [3.63, 3.8) is 0 Å². The summed E-state index contributed by atoms with van der Waals surface area (Å²) in [5.74, 6) is 0. The Bertz CT molecular complexity index is 8.00. The molecule has 0 atom stereocenters. The monoisotopic (exact) mass is 244 g/mol. The molecule has 30 valence electrons. The number of hydrogen-bond acceptors (Lipinski definition) is 0. The van der Waals surface area contributed by atoms with Gasteiger partial charge in [0.25, 0.3) is 0 Å². The van der Waals surface area contributed by atoms with Gasteiger partial charge in [0.1, 0.15) is 0 Å². The van der Waals surface area contributed by atoms with Gasteiger partial charge < -0.3 is 0 Å². The molecule has 0 aliphatic heterocycles. The third kappa shape index (κ3) is 8.85. The van der Waals surface area contributed by atoms with Gasteiger partial charge in [-0.05, 0) is 0 Å². The van der Waals surface area contributed by atoms with E-state index < -0.39 is 0 Å². The Morgan fingerprint density at radius 1 is 1.00 bits per heavy atom. The van der Waals surface area contributed by atoms with Gasteiger partial charge in [-0.1, -0.05) is 0 Å². The number of rotatable bonds is 0. The molecule has 0 aliphatic carbocycles. The fourth-order valence-corrected chi connectivity index (χ4v) is 0. The molecule has 0 N–H and O–H groups in total. The van der Waals surface area contributed by atoms with Crippen LogP contribution in [0.1, 0.15) is 0 Å². The van der Waals surface area contributed by atoms with Gasteiger partial charge in [0.05, 0.1) is 0 Å². The van der Waals surface area contributed by atoms with Crippen LogP contribution in [0.25, 0.3) is 0 Å². The maximum atomic E-state index is 0. The third-order valence-electron chi connectivity index (χ3n) is 0. The van der Waals surface area contributed by atoms with E-state index in [2.05, 4.69) is 0 Å². The minimum Gasteiger partial charge on any atom is 0 e. The molecule has 0 heterocycles. The van der Waals surface area contributed by atoms with Crippen molar-refractivity contribution in [3.8, 4) is 0 Å². The van der Waals surface area contributed by atoms with Crippen molar-refractivity contribution in [2.45, 2.75) is 0 Å². The normalized spacial score (nSPS) is 0. The molecule has 0 nitrogen and oxygen atoms in total. The molecule has 0 spiro atoms. The van der Waals surface area contributed by atoms with Crippen LogP contribution in [0.2, 0.25) is 0 Å². The van der Waals surface area contributed by atoms with E-state index >= 15 is 0 Å². The second-order valence-electron chi connectivity index (χ2n) is 0. The van der Waals surface area contributed by atoms with Gasteiger partial charge in [0.2, 0.25) is 0 Å². The van der Waals surface area contributed by atoms with E-state index in [-0.39, 0.29) is 73.6 Å². The quantitative estimate of drug-likeness (QED) is 0.510. The Morgan fingerprint density at radius 2 is 1.00 bits per heavy atom. The van der Waals surface area contributed by atoms with Gasteiger partial charge in [-0.25, -0.2) is 0 Å². The van der Waals surface area contributed by atoms with Gasteiger partial charge in [-0.2, -0.15) is 0 Å². The molecule has 0 aromatic carbocycles. The van der Waals surface area contributed by atoms with Crippen LogP contribution in [-0.4, -0.2) is 17.4 Å². The van der Waals surface area contributed by atoms with Crippen molar-refractivity contribution < 1.29 is 56.2 Å². The molecule has 0 aliphatic rings. The fraction of sp³-hybridized carbons (Fsp3) is 0. The summed E-state index contributed by atoms with van der Waals surface area (Å²) in [5.41, 5.74) is 0. The predicted molar refractivity (Wildman–Crippen MR) is 5.75 cm³/mol.